The van der Waals surface area contributed by atoms with Crippen molar-refractivity contribution in [3.8, 4) is 0 Å². The number of ether oxygens (including phenoxy) is 3. The fourth-order valence-electron chi connectivity index (χ4n) is 6.22. The number of unbranched alkanes of at least 4 members (excludes halogenated alkanes) is 1. The molecule has 2 saturated heterocycles. The lowest BCUT2D eigenvalue weighted by atomic mass is 9.90. The molecule has 0 saturated carbocycles. The Kier molecular flexibility index (Phi) is 12.1. The maximum absolute atomic E-state index is 14.9. The van der Waals surface area contributed by atoms with Crippen molar-refractivity contribution < 1.29 is 33.0 Å². The van der Waals surface area contributed by atoms with Gasteiger partial charge in [0.05, 0.1) is 36.9 Å². The van der Waals surface area contributed by atoms with Crippen molar-refractivity contribution in [2.24, 2.45) is 16.3 Å². The maximum atomic E-state index is 14.9. The van der Waals surface area contributed by atoms with E-state index in [2.05, 4.69) is 10.3 Å². The number of carbonyl (C=O) groups is 3. The van der Waals surface area contributed by atoms with E-state index in [1.807, 2.05) is 6.92 Å². The molecule has 0 bridgehead atoms. The highest BCUT2D eigenvalue weighted by molar-refractivity contribution is 5.85. The van der Waals surface area contributed by atoms with Crippen molar-refractivity contribution in [3.05, 3.63) is 30.1 Å². The number of anilines is 1. The number of halogens is 1. The Balaban J connectivity index is 1.61. The summed E-state index contributed by atoms with van der Waals surface area (Å²) in [6, 6.07) is 4.53. The number of nitrogens with zero attached hydrogens (tertiary/aromatic N) is 6. The number of rotatable bonds is 11. The van der Waals surface area contributed by atoms with Crippen LogP contribution in [0.25, 0.3) is 0 Å². The van der Waals surface area contributed by atoms with Gasteiger partial charge in [0, 0.05) is 46.4 Å². The highest BCUT2D eigenvalue weighted by atomic mass is 19.1. The van der Waals surface area contributed by atoms with Crippen LogP contribution in [-0.2, 0) is 23.8 Å². The first-order valence-electron chi connectivity index (χ1n) is 16.1. The first-order chi connectivity index (χ1) is 21.5. The molecule has 0 spiro atoms. The van der Waals surface area contributed by atoms with Crippen LogP contribution in [0.15, 0.2) is 34.6 Å². The Labute approximate surface area is 265 Å². The van der Waals surface area contributed by atoms with Crippen molar-refractivity contribution in [1.82, 2.24) is 14.7 Å². The second-order valence-corrected chi connectivity index (χ2v) is 12.9. The molecule has 3 aliphatic rings. The lowest BCUT2D eigenvalue weighted by molar-refractivity contribution is -0.145. The second kappa shape index (κ2) is 15.8. The summed E-state index contributed by atoms with van der Waals surface area (Å²) in [4.78, 5) is 46.6. The monoisotopic (exact) mass is 632 g/mol. The third kappa shape index (κ3) is 8.90. The van der Waals surface area contributed by atoms with Crippen LogP contribution in [-0.4, -0.2) is 116 Å². The van der Waals surface area contributed by atoms with Gasteiger partial charge in [0.1, 0.15) is 11.4 Å². The van der Waals surface area contributed by atoms with Crippen LogP contribution in [0.3, 0.4) is 0 Å². The van der Waals surface area contributed by atoms with E-state index in [1.54, 1.807) is 60.8 Å². The minimum Gasteiger partial charge on any atom is -0.444 e. The minimum absolute atomic E-state index is 0.0530. The smallest absolute Gasteiger partial charge is 0.410 e. The van der Waals surface area contributed by atoms with Crippen molar-refractivity contribution >= 4 is 23.6 Å². The van der Waals surface area contributed by atoms with Crippen molar-refractivity contribution in [1.29, 1.82) is 0 Å². The third-order valence-electron chi connectivity index (χ3n) is 8.34. The molecule has 2 fully saturated rings. The Morgan fingerprint density at radius 3 is 2.49 bits per heavy atom. The van der Waals surface area contributed by atoms with Crippen LogP contribution in [0.5, 0.6) is 0 Å². The zero-order valence-corrected chi connectivity index (χ0v) is 27.3. The third-order valence-corrected chi connectivity index (χ3v) is 8.34. The van der Waals surface area contributed by atoms with Gasteiger partial charge in [0.25, 0.3) is 5.91 Å². The SMILES string of the molecule is CCCN(C(=O)C1N=NN(c2ccccc2F)C1CCCCOC)[C@H]1C[C@@H](C(=O)N2CCOCC2)CN(C(=O)OC(C)(C)C)C1. The van der Waals surface area contributed by atoms with Gasteiger partial charge < -0.3 is 28.9 Å². The van der Waals surface area contributed by atoms with Gasteiger partial charge in [0.15, 0.2) is 6.04 Å². The molecule has 45 heavy (non-hydrogen) atoms. The predicted molar refractivity (Wildman–Crippen MR) is 166 cm³/mol. The molecule has 12 nitrogen and oxygen atoms in total. The molecule has 2 unspecified atom stereocenters. The number of benzene rings is 1. The molecule has 3 amide bonds. The van der Waals surface area contributed by atoms with E-state index >= 15 is 0 Å². The number of hydrogen-bond acceptors (Lipinski definition) is 9. The molecule has 1 aromatic rings. The quantitative estimate of drug-likeness (QED) is 0.334. The van der Waals surface area contributed by atoms with Gasteiger partial charge in [-0.3, -0.25) is 9.59 Å². The molecular weight excluding hydrogens is 583 g/mol. The Hall–Kier alpha value is -3.32. The van der Waals surface area contributed by atoms with Gasteiger partial charge in [-0.15, -0.1) is 0 Å². The summed E-state index contributed by atoms with van der Waals surface area (Å²) in [6.45, 7) is 10.7. The lowest BCUT2D eigenvalue weighted by Gasteiger charge is -2.44. The maximum Gasteiger partial charge on any atom is 0.410 e. The number of likely N-dealkylation sites (tertiary alicyclic amines) is 1. The summed E-state index contributed by atoms with van der Waals surface area (Å²) >= 11 is 0. The standard InChI is InChI=1S/C32H49FN6O6/c1-6-14-38(30(41)28-27(13-9-10-17-43-5)39(35-34-28)26-12-8-7-11-25(26)33)24-20-23(29(40)36-15-18-44-19-16-36)21-37(22-24)31(42)45-32(2,3)4/h7-8,11-12,23-24,27-28H,6,9-10,13-22H2,1-5H3/t23-,24+,27?,28?/m1/s1. The average molecular weight is 633 g/mol. The number of piperidine rings is 1. The van der Waals surface area contributed by atoms with Crippen LogP contribution >= 0.6 is 0 Å². The van der Waals surface area contributed by atoms with Crippen LogP contribution < -0.4 is 5.01 Å². The molecule has 1 aromatic carbocycles. The van der Waals surface area contributed by atoms with E-state index in [4.69, 9.17) is 14.2 Å². The second-order valence-electron chi connectivity index (χ2n) is 12.9. The predicted octanol–water partition coefficient (Wildman–Crippen LogP) is 4.29. The molecule has 4 atom stereocenters. The summed E-state index contributed by atoms with van der Waals surface area (Å²) in [5.41, 5.74) is -0.455. The molecule has 250 valence electrons. The zero-order valence-electron chi connectivity index (χ0n) is 27.3. The van der Waals surface area contributed by atoms with E-state index in [0.29, 0.717) is 58.7 Å². The van der Waals surface area contributed by atoms with Crippen LogP contribution in [0.4, 0.5) is 14.9 Å². The van der Waals surface area contributed by atoms with Crippen molar-refractivity contribution in [2.45, 2.75) is 83.5 Å². The summed E-state index contributed by atoms with van der Waals surface area (Å²) in [5.74, 6) is -1.25. The van der Waals surface area contributed by atoms with Gasteiger partial charge in [-0.1, -0.05) is 24.3 Å². The Bertz CT molecular complexity index is 1190. The van der Waals surface area contributed by atoms with Gasteiger partial charge in [0.2, 0.25) is 5.91 Å². The van der Waals surface area contributed by atoms with Crippen molar-refractivity contribution in [3.63, 3.8) is 0 Å². The number of para-hydroxylation sites is 1. The highest BCUT2D eigenvalue weighted by Crippen LogP contribution is 2.33. The van der Waals surface area contributed by atoms with E-state index in [1.165, 1.54) is 11.1 Å². The zero-order chi connectivity index (χ0) is 32.6. The first-order valence-corrected chi connectivity index (χ1v) is 16.1. The molecular formula is C32H49FN6O6. The largest absolute Gasteiger partial charge is 0.444 e. The van der Waals surface area contributed by atoms with Gasteiger partial charge in [-0.25, -0.2) is 14.2 Å². The number of methoxy groups -OCH3 is 1. The molecule has 3 heterocycles. The summed E-state index contributed by atoms with van der Waals surface area (Å²) in [7, 11) is 1.64. The molecule has 4 rings (SSSR count). The average Bonchev–Trinajstić information content (AvgIpc) is 3.44. The van der Waals surface area contributed by atoms with E-state index in [-0.39, 0.29) is 30.6 Å². The topological polar surface area (TPSA) is 117 Å². The molecule has 0 aliphatic carbocycles. The highest BCUT2D eigenvalue weighted by Gasteiger charge is 2.45. The number of amides is 3. The van der Waals surface area contributed by atoms with Crippen LogP contribution in [0.2, 0.25) is 0 Å². The molecule has 0 aromatic heterocycles. The van der Waals surface area contributed by atoms with Crippen LogP contribution in [0, 0.1) is 11.7 Å². The summed E-state index contributed by atoms with van der Waals surface area (Å²) in [5, 5.41) is 10.2. The minimum atomic E-state index is -0.871. The molecule has 0 radical (unpaired) electrons. The normalized spacial score (nSPS) is 23.7. The number of morpholine rings is 1. The Morgan fingerprint density at radius 2 is 1.82 bits per heavy atom. The first kappa shape index (κ1) is 34.6. The van der Waals surface area contributed by atoms with E-state index < -0.39 is 41.6 Å². The van der Waals surface area contributed by atoms with Gasteiger partial charge >= 0.3 is 6.09 Å². The number of hydrogen-bond donors (Lipinski definition) is 0. The van der Waals surface area contributed by atoms with E-state index in [0.717, 1.165) is 12.8 Å². The van der Waals surface area contributed by atoms with Gasteiger partial charge in [-0.05, 0) is 65.0 Å². The summed E-state index contributed by atoms with van der Waals surface area (Å²) < 4.78 is 31.3. The number of carbonyl (C=O) groups excluding carboxylic acids is 3. The van der Waals surface area contributed by atoms with Gasteiger partial charge in [-0.2, -0.15) is 5.11 Å². The van der Waals surface area contributed by atoms with Crippen molar-refractivity contribution in [2.75, 3.05) is 64.7 Å². The van der Waals surface area contributed by atoms with Crippen LogP contribution in [0.1, 0.15) is 59.8 Å². The van der Waals surface area contributed by atoms with E-state index in [9.17, 15) is 18.8 Å². The fraction of sp³-hybridized carbons (Fsp3) is 0.719. The lowest BCUT2D eigenvalue weighted by Crippen LogP contribution is -2.60. The fourth-order valence-corrected chi connectivity index (χ4v) is 6.22. The molecule has 13 heteroatoms. The Morgan fingerprint density at radius 1 is 1.09 bits per heavy atom. The summed E-state index contributed by atoms with van der Waals surface area (Å²) in [6.07, 6.45) is 2.61. The molecule has 3 aliphatic heterocycles. The molecule has 0 N–H and O–H groups in total.